The van der Waals surface area contributed by atoms with Crippen LogP contribution in [0.5, 0.6) is 5.75 Å². The number of amides is 2. The molecule has 5 heteroatoms. The van der Waals surface area contributed by atoms with Crippen molar-refractivity contribution >= 4 is 11.8 Å². The molecule has 1 N–H and O–H groups in total. The Labute approximate surface area is 180 Å². The van der Waals surface area contributed by atoms with Crippen molar-refractivity contribution in [3.63, 3.8) is 0 Å². The number of benzene rings is 2. The van der Waals surface area contributed by atoms with E-state index >= 15 is 0 Å². The van der Waals surface area contributed by atoms with Crippen LogP contribution in [0.4, 0.5) is 0 Å². The van der Waals surface area contributed by atoms with Crippen molar-refractivity contribution in [2.24, 2.45) is 0 Å². The molecule has 2 rings (SSSR count). The average molecular weight is 411 g/mol. The van der Waals surface area contributed by atoms with E-state index in [9.17, 15) is 9.59 Å². The zero-order valence-electron chi connectivity index (χ0n) is 18.6. The molecule has 162 valence electrons. The standard InChI is InChI=1S/C25H34N2O3/c1-5-16-26-25(29)23(7-3)27(17-21-11-9-8-10-19(21)4)24(28)18-30-22-14-12-20(6-2)13-15-22/h8-15,23H,5-7,16-18H2,1-4H3,(H,26,29). The van der Waals surface area contributed by atoms with E-state index in [2.05, 4.69) is 12.2 Å². The van der Waals surface area contributed by atoms with E-state index in [0.29, 0.717) is 25.3 Å². The monoisotopic (exact) mass is 410 g/mol. The predicted molar refractivity (Wildman–Crippen MR) is 120 cm³/mol. The largest absolute Gasteiger partial charge is 0.484 e. The van der Waals surface area contributed by atoms with Gasteiger partial charge < -0.3 is 15.0 Å². The number of carbonyl (C=O) groups is 2. The summed E-state index contributed by atoms with van der Waals surface area (Å²) in [5.74, 6) is 0.338. The van der Waals surface area contributed by atoms with Gasteiger partial charge in [-0.05, 0) is 55.0 Å². The van der Waals surface area contributed by atoms with Gasteiger partial charge in [0.25, 0.3) is 5.91 Å². The van der Waals surface area contributed by atoms with Crippen molar-refractivity contribution in [1.82, 2.24) is 10.2 Å². The first kappa shape index (κ1) is 23.5. The highest BCUT2D eigenvalue weighted by Gasteiger charge is 2.29. The molecule has 5 nitrogen and oxygen atoms in total. The molecule has 0 radical (unpaired) electrons. The van der Waals surface area contributed by atoms with Crippen LogP contribution in [0, 0.1) is 6.92 Å². The molecule has 0 aliphatic rings. The fourth-order valence-corrected chi connectivity index (χ4v) is 3.31. The maximum atomic E-state index is 13.2. The van der Waals surface area contributed by atoms with Gasteiger partial charge in [0.2, 0.25) is 5.91 Å². The van der Waals surface area contributed by atoms with Crippen molar-refractivity contribution in [2.75, 3.05) is 13.2 Å². The first-order chi connectivity index (χ1) is 14.5. The van der Waals surface area contributed by atoms with Gasteiger partial charge in [0.15, 0.2) is 6.61 Å². The minimum absolute atomic E-state index is 0.102. The molecule has 0 fully saturated rings. The Morgan fingerprint density at radius 3 is 2.33 bits per heavy atom. The molecule has 0 aliphatic heterocycles. The summed E-state index contributed by atoms with van der Waals surface area (Å²) in [5, 5.41) is 2.93. The van der Waals surface area contributed by atoms with E-state index in [-0.39, 0.29) is 18.4 Å². The highest BCUT2D eigenvalue weighted by atomic mass is 16.5. The minimum atomic E-state index is -0.533. The lowest BCUT2D eigenvalue weighted by Gasteiger charge is -2.31. The fraction of sp³-hybridized carbons (Fsp3) is 0.440. The molecule has 0 aliphatic carbocycles. The lowest BCUT2D eigenvalue weighted by Crippen LogP contribution is -2.50. The van der Waals surface area contributed by atoms with Gasteiger partial charge in [-0.3, -0.25) is 9.59 Å². The van der Waals surface area contributed by atoms with Crippen molar-refractivity contribution in [3.8, 4) is 5.75 Å². The SMILES string of the molecule is CCCNC(=O)C(CC)N(Cc1ccccc1C)C(=O)COc1ccc(CC)cc1. The summed E-state index contributed by atoms with van der Waals surface area (Å²) in [5.41, 5.74) is 3.34. The Hall–Kier alpha value is -2.82. The summed E-state index contributed by atoms with van der Waals surface area (Å²) in [6, 6.07) is 15.2. The van der Waals surface area contributed by atoms with Gasteiger partial charge in [0.05, 0.1) is 0 Å². The summed E-state index contributed by atoms with van der Waals surface area (Å²) in [4.78, 5) is 27.6. The van der Waals surface area contributed by atoms with Crippen LogP contribution in [-0.2, 0) is 22.6 Å². The van der Waals surface area contributed by atoms with Gasteiger partial charge in [-0.2, -0.15) is 0 Å². The lowest BCUT2D eigenvalue weighted by atomic mass is 10.1. The van der Waals surface area contributed by atoms with Crippen molar-refractivity contribution < 1.29 is 14.3 Å². The van der Waals surface area contributed by atoms with Gasteiger partial charge in [0.1, 0.15) is 11.8 Å². The molecule has 30 heavy (non-hydrogen) atoms. The maximum absolute atomic E-state index is 13.2. The van der Waals surface area contributed by atoms with Gasteiger partial charge in [-0.25, -0.2) is 0 Å². The molecular weight excluding hydrogens is 376 g/mol. The van der Waals surface area contributed by atoms with Crippen LogP contribution in [0.25, 0.3) is 0 Å². The average Bonchev–Trinajstić information content (AvgIpc) is 2.77. The molecule has 0 heterocycles. The summed E-state index contributed by atoms with van der Waals surface area (Å²) in [6.45, 7) is 8.92. The third kappa shape index (κ3) is 6.61. The third-order valence-corrected chi connectivity index (χ3v) is 5.23. The predicted octanol–water partition coefficient (Wildman–Crippen LogP) is 4.27. The van der Waals surface area contributed by atoms with Crippen LogP contribution in [0.2, 0.25) is 0 Å². The fourth-order valence-electron chi connectivity index (χ4n) is 3.31. The van der Waals surface area contributed by atoms with E-state index in [4.69, 9.17) is 4.74 Å². The molecule has 2 aromatic carbocycles. The number of nitrogens with one attached hydrogen (secondary N) is 1. The van der Waals surface area contributed by atoms with E-state index in [0.717, 1.165) is 24.0 Å². The summed E-state index contributed by atoms with van der Waals surface area (Å²) in [6.07, 6.45) is 2.34. The van der Waals surface area contributed by atoms with Crippen LogP contribution in [0.1, 0.15) is 50.3 Å². The van der Waals surface area contributed by atoms with Crippen LogP contribution in [-0.4, -0.2) is 35.9 Å². The number of hydrogen-bond donors (Lipinski definition) is 1. The second kappa shape index (κ2) is 12.0. The number of ether oxygens (including phenoxy) is 1. The lowest BCUT2D eigenvalue weighted by molar-refractivity contribution is -0.143. The topological polar surface area (TPSA) is 58.6 Å². The van der Waals surface area contributed by atoms with E-state index in [1.807, 2.05) is 69.3 Å². The number of hydrogen-bond acceptors (Lipinski definition) is 3. The summed E-state index contributed by atoms with van der Waals surface area (Å²) in [7, 11) is 0. The van der Waals surface area contributed by atoms with Gasteiger partial charge >= 0.3 is 0 Å². The maximum Gasteiger partial charge on any atom is 0.261 e. The zero-order chi connectivity index (χ0) is 21.9. The Bertz CT molecular complexity index is 817. The van der Waals surface area contributed by atoms with Gasteiger partial charge in [-0.1, -0.05) is 57.2 Å². The second-order valence-electron chi connectivity index (χ2n) is 7.45. The van der Waals surface area contributed by atoms with Crippen molar-refractivity contribution in [1.29, 1.82) is 0 Å². The van der Waals surface area contributed by atoms with E-state index in [1.165, 1.54) is 5.56 Å². The van der Waals surface area contributed by atoms with Crippen LogP contribution in [0.3, 0.4) is 0 Å². The Morgan fingerprint density at radius 2 is 1.73 bits per heavy atom. The second-order valence-corrected chi connectivity index (χ2v) is 7.45. The van der Waals surface area contributed by atoms with E-state index in [1.54, 1.807) is 4.90 Å². The smallest absolute Gasteiger partial charge is 0.261 e. The Morgan fingerprint density at radius 1 is 1.03 bits per heavy atom. The Kier molecular flexibility index (Phi) is 9.39. The van der Waals surface area contributed by atoms with Crippen LogP contribution < -0.4 is 10.1 Å². The third-order valence-electron chi connectivity index (χ3n) is 5.23. The molecule has 0 aromatic heterocycles. The first-order valence-electron chi connectivity index (χ1n) is 10.8. The summed E-state index contributed by atoms with van der Waals surface area (Å²) < 4.78 is 5.75. The number of carbonyl (C=O) groups excluding carboxylic acids is 2. The zero-order valence-corrected chi connectivity index (χ0v) is 18.6. The van der Waals surface area contributed by atoms with Crippen LogP contribution in [0.15, 0.2) is 48.5 Å². The molecule has 2 amide bonds. The highest BCUT2D eigenvalue weighted by Crippen LogP contribution is 2.17. The quantitative estimate of drug-likeness (QED) is 0.602. The number of aryl methyl sites for hydroxylation is 2. The highest BCUT2D eigenvalue weighted by molar-refractivity contribution is 5.88. The Balaban J connectivity index is 2.18. The molecule has 0 spiro atoms. The first-order valence-corrected chi connectivity index (χ1v) is 10.8. The molecule has 2 aromatic rings. The van der Waals surface area contributed by atoms with E-state index < -0.39 is 6.04 Å². The number of rotatable bonds is 11. The molecular formula is C25H34N2O3. The van der Waals surface area contributed by atoms with Gasteiger partial charge in [-0.15, -0.1) is 0 Å². The van der Waals surface area contributed by atoms with Crippen molar-refractivity contribution in [2.45, 2.75) is 59.5 Å². The van der Waals surface area contributed by atoms with Crippen molar-refractivity contribution in [3.05, 3.63) is 65.2 Å². The molecule has 1 atom stereocenters. The minimum Gasteiger partial charge on any atom is -0.484 e. The van der Waals surface area contributed by atoms with Crippen LogP contribution >= 0.6 is 0 Å². The molecule has 0 saturated heterocycles. The van der Waals surface area contributed by atoms with Gasteiger partial charge in [0, 0.05) is 13.1 Å². The number of nitrogens with zero attached hydrogens (tertiary/aromatic N) is 1. The normalized spacial score (nSPS) is 11.6. The summed E-state index contributed by atoms with van der Waals surface area (Å²) >= 11 is 0. The molecule has 0 bridgehead atoms. The molecule has 1 unspecified atom stereocenters. The molecule has 0 saturated carbocycles.